The highest BCUT2D eigenvalue weighted by Crippen LogP contribution is 2.13. The van der Waals surface area contributed by atoms with Gasteiger partial charge in [-0.05, 0) is 12.1 Å². The summed E-state index contributed by atoms with van der Waals surface area (Å²) in [6.07, 6.45) is 1.80. The average Bonchev–Trinajstić information content (AvgIpc) is 2.14. The first kappa shape index (κ1) is 9.00. The van der Waals surface area contributed by atoms with Crippen molar-refractivity contribution in [1.29, 1.82) is 0 Å². The molecule has 0 fully saturated rings. The highest BCUT2D eigenvalue weighted by atomic mass is 32.2. The van der Waals surface area contributed by atoms with Crippen molar-refractivity contribution < 1.29 is 0 Å². The molecule has 1 aromatic rings. The van der Waals surface area contributed by atoms with E-state index in [0.29, 0.717) is 0 Å². The lowest BCUT2D eigenvalue weighted by Gasteiger charge is -1.88. The molecular weight excluding hydrogens is 168 g/mol. The molecule has 0 N–H and O–H groups in total. The van der Waals surface area contributed by atoms with Gasteiger partial charge in [-0.3, -0.25) is 0 Å². The summed E-state index contributed by atoms with van der Waals surface area (Å²) in [6.45, 7) is 3.58. The van der Waals surface area contributed by atoms with Crippen LogP contribution in [0.2, 0.25) is 0 Å². The van der Waals surface area contributed by atoms with Gasteiger partial charge in [0.2, 0.25) is 0 Å². The van der Waals surface area contributed by atoms with E-state index in [0.717, 1.165) is 11.4 Å². The molecule has 0 saturated heterocycles. The van der Waals surface area contributed by atoms with Crippen LogP contribution in [0.3, 0.4) is 0 Å². The summed E-state index contributed by atoms with van der Waals surface area (Å²) in [4.78, 5) is 0. The summed E-state index contributed by atoms with van der Waals surface area (Å²) in [7, 11) is 0. The lowest BCUT2D eigenvalue weighted by atomic mass is 10.3. The van der Waals surface area contributed by atoms with E-state index < -0.39 is 0 Å². The zero-order valence-electron chi connectivity index (χ0n) is 6.68. The van der Waals surface area contributed by atoms with Crippen molar-refractivity contribution in [2.24, 2.45) is 9.63 Å². The van der Waals surface area contributed by atoms with Crippen LogP contribution in [0.1, 0.15) is 0 Å². The normalized spacial score (nSPS) is 10.3. The molecule has 1 aromatic carbocycles. The molecule has 0 heterocycles. The third kappa shape index (κ3) is 3.34. The van der Waals surface area contributed by atoms with Gasteiger partial charge in [-0.1, -0.05) is 24.3 Å². The van der Waals surface area contributed by atoms with Crippen LogP contribution >= 0.6 is 11.9 Å². The van der Waals surface area contributed by atoms with Crippen LogP contribution in [-0.2, 0) is 0 Å². The zero-order valence-corrected chi connectivity index (χ0v) is 7.50. The van der Waals surface area contributed by atoms with E-state index in [4.69, 9.17) is 0 Å². The highest BCUT2D eigenvalue weighted by Gasteiger charge is 1.83. The molecule has 12 heavy (non-hydrogen) atoms. The van der Waals surface area contributed by atoms with Gasteiger partial charge in [0.1, 0.15) is 0 Å². The van der Waals surface area contributed by atoms with Gasteiger partial charge in [0.25, 0.3) is 0 Å². The molecule has 1 rings (SSSR count). The zero-order chi connectivity index (χ0) is 8.65. The van der Waals surface area contributed by atoms with Gasteiger partial charge >= 0.3 is 0 Å². The molecule has 3 heteroatoms. The molecule has 0 spiro atoms. The molecule has 0 aliphatic rings. The van der Waals surface area contributed by atoms with Gasteiger partial charge in [0.05, 0.1) is 5.69 Å². The SMILES string of the molecule is C=CCS/N=N/c1ccccc1. The molecule has 0 aromatic heterocycles. The van der Waals surface area contributed by atoms with Crippen molar-refractivity contribution in [3.8, 4) is 0 Å². The van der Waals surface area contributed by atoms with Crippen LogP contribution in [0, 0.1) is 0 Å². The summed E-state index contributed by atoms with van der Waals surface area (Å²) in [5.74, 6) is 0.802. The monoisotopic (exact) mass is 178 g/mol. The number of nitrogens with zero attached hydrogens (tertiary/aromatic N) is 2. The molecule has 0 bridgehead atoms. The Labute approximate surface area is 76.5 Å². The fourth-order valence-electron chi connectivity index (χ4n) is 0.657. The molecule has 0 atom stereocenters. The van der Waals surface area contributed by atoms with Crippen LogP contribution in [0.5, 0.6) is 0 Å². The number of hydrogen-bond acceptors (Lipinski definition) is 3. The minimum atomic E-state index is 0.802. The quantitative estimate of drug-likeness (QED) is 0.299. The van der Waals surface area contributed by atoms with Gasteiger partial charge in [0.15, 0.2) is 0 Å². The van der Waals surface area contributed by atoms with Crippen molar-refractivity contribution in [1.82, 2.24) is 0 Å². The fourth-order valence-corrected chi connectivity index (χ4v) is 0.981. The first-order valence-corrected chi connectivity index (χ1v) is 4.56. The second-order valence-corrected chi connectivity index (χ2v) is 2.86. The van der Waals surface area contributed by atoms with E-state index >= 15 is 0 Å². The lowest BCUT2D eigenvalue weighted by molar-refractivity contribution is 1.33. The summed E-state index contributed by atoms with van der Waals surface area (Å²) >= 11 is 1.39. The molecule has 0 aliphatic heterocycles. The van der Waals surface area contributed by atoms with Gasteiger partial charge in [-0.15, -0.1) is 16.2 Å². The Bertz CT molecular complexity index is 256. The smallest absolute Gasteiger partial charge is 0.0863 e. The minimum absolute atomic E-state index is 0.802. The van der Waals surface area contributed by atoms with E-state index in [9.17, 15) is 0 Å². The molecule has 0 aliphatic carbocycles. The summed E-state index contributed by atoms with van der Waals surface area (Å²) in [6, 6.07) is 9.66. The predicted octanol–water partition coefficient (Wildman–Crippen LogP) is 3.60. The van der Waals surface area contributed by atoms with Crippen LogP contribution in [0.25, 0.3) is 0 Å². The lowest BCUT2D eigenvalue weighted by Crippen LogP contribution is -1.62. The van der Waals surface area contributed by atoms with E-state index in [-0.39, 0.29) is 0 Å². The molecule has 0 amide bonds. The second kappa shape index (κ2) is 5.55. The van der Waals surface area contributed by atoms with Crippen molar-refractivity contribution in [3.63, 3.8) is 0 Å². The van der Waals surface area contributed by atoms with Crippen LogP contribution < -0.4 is 0 Å². The van der Waals surface area contributed by atoms with E-state index in [1.165, 1.54) is 11.9 Å². The number of hydrogen-bond donors (Lipinski definition) is 0. The van der Waals surface area contributed by atoms with Crippen molar-refractivity contribution >= 4 is 17.6 Å². The predicted molar refractivity (Wildman–Crippen MR) is 53.6 cm³/mol. The molecule has 0 unspecified atom stereocenters. The Morgan fingerprint density at radius 1 is 1.33 bits per heavy atom. The first-order valence-electron chi connectivity index (χ1n) is 3.62. The van der Waals surface area contributed by atoms with Gasteiger partial charge < -0.3 is 0 Å². The van der Waals surface area contributed by atoms with E-state index in [1.807, 2.05) is 30.3 Å². The maximum atomic E-state index is 3.98. The largest absolute Gasteiger partial charge is 0.144 e. The summed E-state index contributed by atoms with van der Waals surface area (Å²) in [5.41, 5.74) is 0.883. The molecule has 2 nitrogen and oxygen atoms in total. The Hall–Kier alpha value is -1.09. The van der Waals surface area contributed by atoms with E-state index in [2.05, 4.69) is 16.2 Å². The Kier molecular flexibility index (Phi) is 4.16. The van der Waals surface area contributed by atoms with Crippen molar-refractivity contribution in [3.05, 3.63) is 43.0 Å². The molecule has 62 valence electrons. The Balaban J connectivity index is 2.41. The second-order valence-electron chi connectivity index (χ2n) is 2.10. The Morgan fingerprint density at radius 2 is 2.08 bits per heavy atom. The van der Waals surface area contributed by atoms with E-state index in [1.54, 1.807) is 6.08 Å². The van der Waals surface area contributed by atoms with Crippen molar-refractivity contribution in [2.75, 3.05) is 5.75 Å². The number of benzene rings is 1. The minimum Gasteiger partial charge on any atom is -0.144 e. The fraction of sp³-hybridized carbons (Fsp3) is 0.111. The molecule has 0 saturated carbocycles. The van der Waals surface area contributed by atoms with Crippen molar-refractivity contribution in [2.45, 2.75) is 0 Å². The maximum absolute atomic E-state index is 3.98. The molecule has 0 radical (unpaired) electrons. The molecular formula is C9H10N2S. The topological polar surface area (TPSA) is 24.7 Å². The van der Waals surface area contributed by atoms with Gasteiger partial charge in [0, 0.05) is 17.7 Å². The maximum Gasteiger partial charge on any atom is 0.0863 e. The first-order chi connectivity index (χ1) is 5.93. The average molecular weight is 178 g/mol. The summed E-state index contributed by atoms with van der Waals surface area (Å²) in [5, 5.41) is 3.98. The number of rotatable bonds is 4. The third-order valence-electron chi connectivity index (χ3n) is 1.16. The summed E-state index contributed by atoms with van der Waals surface area (Å²) < 4.78 is 3.90. The highest BCUT2D eigenvalue weighted by molar-refractivity contribution is 7.98. The van der Waals surface area contributed by atoms with Crippen LogP contribution in [-0.4, -0.2) is 5.75 Å². The third-order valence-corrected chi connectivity index (χ3v) is 1.74. The Morgan fingerprint density at radius 3 is 2.75 bits per heavy atom. The standard InChI is InChI=1S/C9H10N2S/c1-2-8-12-11-10-9-6-4-3-5-7-9/h2-7H,1,8H2/b11-10+. The van der Waals surface area contributed by atoms with Gasteiger partial charge in [-0.2, -0.15) is 0 Å². The van der Waals surface area contributed by atoms with Gasteiger partial charge in [-0.25, -0.2) is 0 Å². The van der Waals surface area contributed by atoms with Crippen LogP contribution in [0.4, 0.5) is 5.69 Å². The van der Waals surface area contributed by atoms with Crippen LogP contribution in [0.15, 0.2) is 52.6 Å².